The van der Waals surface area contributed by atoms with E-state index in [0.29, 0.717) is 22.6 Å². The number of hydrogen-bond donors (Lipinski definition) is 1. The second-order valence-corrected chi connectivity index (χ2v) is 7.63. The van der Waals surface area contributed by atoms with E-state index in [1.54, 1.807) is 54.6 Å². The summed E-state index contributed by atoms with van der Waals surface area (Å²) >= 11 is 3.42. The van der Waals surface area contributed by atoms with Crippen LogP contribution < -0.4 is 15.2 Å². The predicted octanol–water partition coefficient (Wildman–Crippen LogP) is 4.36. The molecule has 1 saturated heterocycles. The minimum Gasteiger partial charge on any atom is -0.488 e. The molecule has 0 atom stereocenters. The molecule has 1 aliphatic rings. The summed E-state index contributed by atoms with van der Waals surface area (Å²) in [5.74, 6) is -0.450. The second kappa shape index (κ2) is 8.86. The minimum absolute atomic E-state index is 0.00391. The summed E-state index contributed by atoms with van der Waals surface area (Å²) < 4.78 is 6.71. The topological polar surface area (TPSA) is 82.4 Å². The number of nitrogens with zero attached hydrogens (tertiary/aromatic N) is 2. The van der Waals surface area contributed by atoms with Crippen molar-refractivity contribution in [3.05, 3.63) is 99.5 Å². The second-order valence-electron chi connectivity index (χ2n) is 6.71. The number of hydrazine groups is 1. The van der Waals surface area contributed by atoms with Crippen LogP contribution in [0.15, 0.2) is 82.8 Å². The maximum Gasteiger partial charge on any atom is 0.282 e. The van der Waals surface area contributed by atoms with E-state index in [9.17, 15) is 14.9 Å². The van der Waals surface area contributed by atoms with E-state index in [1.165, 1.54) is 11.1 Å². The summed E-state index contributed by atoms with van der Waals surface area (Å²) in [6.45, 7) is 0.178. The fourth-order valence-electron chi connectivity index (χ4n) is 3.15. The summed E-state index contributed by atoms with van der Waals surface area (Å²) in [5.41, 5.74) is 5.01. The Balaban J connectivity index is 1.63. The lowest BCUT2D eigenvalue weighted by molar-refractivity contribution is -0.117. The van der Waals surface area contributed by atoms with Crippen molar-refractivity contribution in [2.45, 2.75) is 6.61 Å². The summed E-state index contributed by atoms with van der Waals surface area (Å²) in [7, 11) is 0. The first-order chi connectivity index (χ1) is 15.1. The van der Waals surface area contributed by atoms with Crippen LogP contribution in [0, 0.1) is 11.3 Å². The van der Waals surface area contributed by atoms with Gasteiger partial charge in [-0.05, 0) is 42.5 Å². The van der Waals surface area contributed by atoms with Crippen molar-refractivity contribution in [2.75, 3.05) is 5.01 Å². The number of nitrogens with one attached hydrogen (secondary N) is 1. The van der Waals surface area contributed by atoms with Crippen molar-refractivity contribution >= 4 is 39.5 Å². The normalized spacial score (nSPS) is 14.5. The summed E-state index contributed by atoms with van der Waals surface area (Å²) in [6, 6.07) is 23.5. The number of hydrogen-bond acceptors (Lipinski definition) is 4. The van der Waals surface area contributed by atoms with Crippen LogP contribution in [0.2, 0.25) is 0 Å². The molecule has 0 radical (unpaired) electrons. The highest BCUT2D eigenvalue weighted by atomic mass is 79.9. The largest absolute Gasteiger partial charge is 0.488 e. The average Bonchev–Trinajstić information content (AvgIpc) is 3.07. The number of rotatable bonds is 5. The minimum atomic E-state index is -0.491. The monoisotopic (exact) mass is 473 g/mol. The number of anilines is 1. The van der Waals surface area contributed by atoms with Gasteiger partial charge in [0.15, 0.2) is 0 Å². The Kier molecular flexibility index (Phi) is 5.83. The Morgan fingerprint density at radius 1 is 1.03 bits per heavy atom. The standard InChI is InChI=1S/C24H16BrN3O3/c25-19-10-11-22(31-15-17-7-5-4-6-16(17)14-26)18(12-19)13-21-23(29)27-28(24(21)30)20-8-2-1-3-9-20/h1-13H,15H2,(H,27,29)/b21-13-. The van der Waals surface area contributed by atoms with Crippen molar-refractivity contribution in [3.63, 3.8) is 0 Å². The number of carbonyl (C=O) groups excluding carboxylic acids is 2. The number of carbonyl (C=O) groups is 2. The van der Waals surface area contributed by atoms with E-state index in [2.05, 4.69) is 27.4 Å². The lowest BCUT2D eigenvalue weighted by Crippen LogP contribution is -2.35. The molecule has 1 heterocycles. The zero-order valence-corrected chi connectivity index (χ0v) is 17.8. The first kappa shape index (κ1) is 20.4. The Morgan fingerprint density at radius 2 is 1.77 bits per heavy atom. The molecule has 7 heteroatoms. The molecular formula is C24H16BrN3O3. The van der Waals surface area contributed by atoms with Gasteiger partial charge in [-0.3, -0.25) is 15.0 Å². The van der Waals surface area contributed by atoms with E-state index in [0.717, 1.165) is 10.0 Å². The van der Waals surface area contributed by atoms with Crippen LogP contribution >= 0.6 is 15.9 Å². The first-order valence-electron chi connectivity index (χ1n) is 9.39. The van der Waals surface area contributed by atoms with Gasteiger partial charge in [-0.2, -0.15) is 5.26 Å². The van der Waals surface area contributed by atoms with Gasteiger partial charge in [0, 0.05) is 15.6 Å². The van der Waals surface area contributed by atoms with E-state index in [4.69, 9.17) is 4.74 Å². The van der Waals surface area contributed by atoms with E-state index < -0.39 is 11.8 Å². The predicted molar refractivity (Wildman–Crippen MR) is 120 cm³/mol. The number of benzene rings is 3. The van der Waals surface area contributed by atoms with Crippen LogP contribution in [0.25, 0.3) is 6.08 Å². The van der Waals surface area contributed by atoms with Crippen molar-refractivity contribution in [2.24, 2.45) is 0 Å². The molecule has 1 fully saturated rings. The van der Waals surface area contributed by atoms with Crippen molar-refractivity contribution in [1.82, 2.24) is 5.43 Å². The van der Waals surface area contributed by atoms with Crippen molar-refractivity contribution in [1.29, 1.82) is 5.26 Å². The highest BCUT2D eigenvalue weighted by molar-refractivity contribution is 9.10. The summed E-state index contributed by atoms with van der Waals surface area (Å²) in [4.78, 5) is 25.4. The third-order valence-corrected chi connectivity index (χ3v) is 5.19. The highest BCUT2D eigenvalue weighted by Crippen LogP contribution is 2.29. The molecule has 0 saturated carbocycles. The smallest absolute Gasteiger partial charge is 0.282 e. The van der Waals surface area contributed by atoms with Gasteiger partial charge in [0.05, 0.1) is 17.3 Å². The number of amides is 2. The molecule has 0 bridgehead atoms. The van der Waals surface area contributed by atoms with Crippen LogP contribution in [-0.2, 0) is 16.2 Å². The summed E-state index contributed by atoms with van der Waals surface area (Å²) in [5, 5.41) is 10.5. The van der Waals surface area contributed by atoms with Gasteiger partial charge in [0.25, 0.3) is 11.8 Å². The molecule has 2 amide bonds. The molecule has 0 unspecified atom stereocenters. The lowest BCUT2D eigenvalue weighted by atomic mass is 10.1. The van der Waals surface area contributed by atoms with Gasteiger partial charge >= 0.3 is 0 Å². The number of nitriles is 1. The molecule has 3 aromatic rings. The van der Waals surface area contributed by atoms with Gasteiger partial charge in [0.2, 0.25) is 0 Å². The number of para-hydroxylation sites is 1. The Labute approximate surface area is 187 Å². The fourth-order valence-corrected chi connectivity index (χ4v) is 3.52. The zero-order valence-electron chi connectivity index (χ0n) is 16.2. The molecule has 0 aromatic heterocycles. The van der Waals surface area contributed by atoms with Crippen LogP contribution in [-0.4, -0.2) is 11.8 Å². The maximum absolute atomic E-state index is 12.9. The van der Waals surface area contributed by atoms with E-state index in [1.807, 2.05) is 18.2 Å². The Morgan fingerprint density at radius 3 is 2.55 bits per heavy atom. The highest BCUT2D eigenvalue weighted by Gasteiger charge is 2.34. The Bertz CT molecular complexity index is 1230. The van der Waals surface area contributed by atoms with Crippen LogP contribution in [0.5, 0.6) is 5.75 Å². The first-order valence-corrected chi connectivity index (χ1v) is 10.2. The van der Waals surface area contributed by atoms with E-state index in [-0.39, 0.29) is 12.2 Å². The Hall–Kier alpha value is -3.89. The third-order valence-electron chi connectivity index (χ3n) is 4.70. The molecule has 31 heavy (non-hydrogen) atoms. The average molecular weight is 474 g/mol. The SMILES string of the molecule is N#Cc1ccccc1COc1ccc(Br)cc1/C=C1/C(=O)NN(c2ccccc2)C1=O. The van der Waals surface area contributed by atoms with E-state index >= 15 is 0 Å². The molecule has 0 spiro atoms. The molecule has 1 N–H and O–H groups in total. The van der Waals surface area contributed by atoms with Crippen molar-refractivity contribution < 1.29 is 14.3 Å². The molecule has 6 nitrogen and oxygen atoms in total. The van der Waals surface area contributed by atoms with Crippen LogP contribution in [0.1, 0.15) is 16.7 Å². The molecular weight excluding hydrogens is 458 g/mol. The third kappa shape index (κ3) is 4.34. The molecule has 4 rings (SSSR count). The number of ether oxygens (including phenoxy) is 1. The summed E-state index contributed by atoms with van der Waals surface area (Å²) in [6.07, 6.45) is 1.51. The van der Waals surface area contributed by atoms with Crippen LogP contribution in [0.3, 0.4) is 0 Å². The lowest BCUT2D eigenvalue weighted by Gasteiger charge is -2.14. The molecule has 152 valence electrons. The quantitative estimate of drug-likeness (QED) is 0.440. The zero-order chi connectivity index (χ0) is 21.8. The fraction of sp³-hybridized carbons (Fsp3) is 0.0417. The maximum atomic E-state index is 12.9. The van der Waals surface area contributed by atoms with Gasteiger partial charge in [-0.15, -0.1) is 0 Å². The molecule has 3 aromatic carbocycles. The van der Waals surface area contributed by atoms with Crippen molar-refractivity contribution in [3.8, 4) is 11.8 Å². The van der Waals surface area contributed by atoms with Gasteiger partial charge < -0.3 is 4.74 Å². The van der Waals surface area contributed by atoms with Crippen LogP contribution in [0.4, 0.5) is 5.69 Å². The van der Waals surface area contributed by atoms with Gasteiger partial charge in [-0.25, -0.2) is 5.01 Å². The number of halogens is 1. The molecule has 1 aliphatic heterocycles. The molecule has 0 aliphatic carbocycles. The van der Waals surface area contributed by atoms with Gasteiger partial charge in [-0.1, -0.05) is 52.3 Å². The van der Waals surface area contributed by atoms with Gasteiger partial charge in [0.1, 0.15) is 17.9 Å².